The van der Waals surface area contributed by atoms with Gasteiger partial charge in [-0.1, -0.05) is 0 Å². The molecular weight excluding hydrogens is 274 g/mol. The summed E-state index contributed by atoms with van der Waals surface area (Å²) in [7, 11) is 0. The highest BCUT2D eigenvalue weighted by atomic mass is 16.6. The quantitative estimate of drug-likeness (QED) is 0.819. The molecule has 0 aromatic carbocycles. The zero-order chi connectivity index (χ0) is 15.9. The molecule has 0 radical (unpaired) electrons. The number of hydrogen-bond acceptors (Lipinski definition) is 5. The maximum absolute atomic E-state index is 11.8. The molecule has 0 aromatic rings. The molecular formula is C14H27N3O4. The largest absolute Gasteiger partial charge is 0.449 e. The predicted molar refractivity (Wildman–Crippen MR) is 79.2 cm³/mol. The fraction of sp³-hybridized carbons (Fsp3) is 0.857. The van der Waals surface area contributed by atoms with Gasteiger partial charge in [0.1, 0.15) is 5.60 Å². The summed E-state index contributed by atoms with van der Waals surface area (Å²) in [6.45, 7) is 10.5. The lowest BCUT2D eigenvalue weighted by atomic mass is 10.2. The minimum atomic E-state index is -0.515. The van der Waals surface area contributed by atoms with Crippen LogP contribution in [-0.4, -0.2) is 61.5 Å². The Morgan fingerprint density at radius 1 is 1.29 bits per heavy atom. The van der Waals surface area contributed by atoms with Crippen molar-refractivity contribution in [1.29, 1.82) is 0 Å². The van der Waals surface area contributed by atoms with Crippen molar-refractivity contribution in [2.24, 2.45) is 0 Å². The number of nitrogens with zero attached hydrogens (tertiary/aromatic N) is 1. The van der Waals surface area contributed by atoms with Crippen LogP contribution < -0.4 is 10.6 Å². The molecule has 122 valence electrons. The Balaban J connectivity index is 2.16. The van der Waals surface area contributed by atoms with Crippen molar-refractivity contribution in [1.82, 2.24) is 15.5 Å². The van der Waals surface area contributed by atoms with E-state index in [2.05, 4.69) is 10.6 Å². The molecule has 7 nitrogen and oxygen atoms in total. The first-order chi connectivity index (χ1) is 9.78. The summed E-state index contributed by atoms with van der Waals surface area (Å²) in [6.07, 6.45) is -0.193. The van der Waals surface area contributed by atoms with Crippen LogP contribution in [0, 0.1) is 0 Å². The van der Waals surface area contributed by atoms with Crippen molar-refractivity contribution in [2.75, 3.05) is 32.8 Å². The summed E-state index contributed by atoms with van der Waals surface area (Å²) in [4.78, 5) is 25.0. The predicted octanol–water partition coefficient (Wildman–Crippen LogP) is 1.33. The molecule has 1 heterocycles. The summed E-state index contributed by atoms with van der Waals surface area (Å²) in [5.41, 5.74) is -0.515. The summed E-state index contributed by atoms with van der Waals surface area (Å²) in [5.74, 6) is 0. The lowest BCUT2D eigenvalue weighted by molar-refractivity contribution is 0.0497. The number of nitrogens with one attached hydrogen (secondary N) is 2. The van der Waals surface area contributed by atoms with E-state index in [4.69, 9.17) is 9.47 Å². The number of carbonyl (C=O) groups is 2. The van der Waals surface area contributed by atoms with Crippen molar-refractivity contribution in [3.8, 4) is 0 Å². The molecule has 1 fully saturated rings. The van der Waals surface area contributed by atoms with Crippen LogP contribution >= 0.6 is 0 Å². The van der Waals surface area contributed by atoms with Crippen LogP contribution in [0.3, 0.4) is 0 Å². The molecule has 0 aromatic heterocycles. The SMILES string of the molecule is C[C@@H](CCOC(=O)N1CCNCC1)NC(=O)OC(C)(C)C. The molecule has 1 saturated heterocycles. The van der Waals surface area contributed by atoms with Gasteiger partial charge in [-0.05, 0) is 27.7 Å². The van der Waals surface area contributed by atoms with Gasteiger partial charge >= 0.3 is 12.2 Å². The molecule has 1 aliphatic heterocycles. The van der Waals surface area contributed by atoms with Crippen molar-refractivity contribution in [3.05, 3.63) is 0 Å². The zero-order valence-corrected chi connectivity index (χ0v) is 13.4. The Hall–Kier alpha value is -1.50. The van der Waals surface area contributed by atoms with E-state index in [-0.39, 0.29) is 18.7 Å². The van der Waals surface area contributed by atoms with E-state index in [9.17, 15) is 9.59 Å². The van der Waals surface area contributed by atoms with Crippen molar-refractivity contribution in [2.45, 2.75) is 45.8 Å². The average Bonchev–Trinajstić information content (AvgIpc) is 2.37. The molecule has 1 rings (SSSR count). The minimum absolute atomic E-state index is 0.115. The van der Waals surface area contributed by atoms with Gasteiger partial charge in [-0.3, -0.25) is 0 Å². The van der Waals surface area contributed by atoms with Crippen molar-refractivity contribution < 1.29 is 19.1 Å². The number of hydrogen-bond donors (Lipinski definition) is 2. The van der Waals surface area contributed by atoms with E-state index in [0.717, 1.165) is 13.1 Å². The first kappa shape index (κ1) is 17.6. The Bertz CT molecular complexity index is 349. The third kappa shape index (κ3) is 7.75. The van der Waals surface area contributed by atoms with Gasteiger partial charge in [-0.25, -0.2) is 9.59 Å². The number of alkyl carbamates (subject to hydrolysis) is 1. The van der Waals surface area contributed by atoms with Gasteiger partial charge in [0, 0.05) is 38.6 Å². The number of carbonyl (C=O) groups excluding carboxylic acids is 2. The van der Waals surface area contributed by atoms with Gasteiger partial charge < -0.3 is 25.0 Å². The van der Waals surface area contributed by atoms with Crippen LogP contribution in [0.25, 0.3) is 0 Å². The minimum Gasteiger partial charge on any atom is -0.449 e. The summed E-state index contributed by atoms with van der Waals surface area (Å²) in [6, 6.07) is -0.115. The highest BCUT2D eigenvalue weighted by molar-refractivity contribution is 5.68. The topological polar surface area (TPSA) is 79.9 Å². The molecule has 7 heteroatoms. The second kappa shape index (κ2) is 8.07. The maximum atomic E-state index is 11.8. The fourth-order valence-electron chi connectivity index (χ4n) is 1.84. The third-order valence-electron chi connectivity index (χ3n) is 2.91. The van der Waals surface area contributed by atoms with E-state index in [1.165, 1.54) is 0 Å². The van der Waals surface area contributed by atoms with E-state index in [0.29, 0.717) is 19.5 Å². The first-order valence-corrected chi connectivity index (χ1v) is 7.40. The highest BCUT2D eigenvalue weighted by Crippen LogP contribution is 2.07. The monoisotopic (exact) mass is 301 g/mol. The second-order valence-electron chi connectivity index (χ2n) is 6.19. The normalized spacial score (nSPS) is 17.0. The zero-order valence-electron chi connectivity index (χ0n) is 13.4. The van der Waals surface area contributed by atoms with Gasteiger partial charge in [0.05, 0.1) is 6.61 Å². The van der Waals surface area contributed by atoms with Gasteiger partial charge in [-0.15, -0.1) is 0 Å². The van der Waals surface area contributed by atoms with Crippen LogP contribution in [0.2, 0.25) is 0 Å². The lowest BCUT2D eigenvalue weighted by Gasteiger charge is -2.27. The molecule has 0 bridgehead atoms. The number of ether oxygens (including phenoxy) is 2. The Morgan fingerprint density at radius 3 is 2.48 bits per heavy atom. The van der Waals surface area contributed by atoms with Gasteiger partial charge in [0.25, 0.3) is 0 Å². The molecule has 1 atom stereocenters. The lowest BCUT2D eigenvalue weighted by Crippen LogP contribution is -2.46. The summed E-state index contributed by atoms with van der Waals surface area (Å²) >= 11 is 0. The van der Waals surface area contributed by atoms with Crippen LogP contribution in [0.5, 0.6) is 0 Å². The molecule has 0 aliphatic carbocycles. The molecule has 2 N–H and O–H groups in total. The third-order valence-corrected chi connectivity index (χ3v) is 2.91. The molecule has 1 aliphatic rings. The van der Waals surface area contributed by atoms with E-state index >= 15 is 0 Å². The smallest absolute Gasteiger partial charge is 0.409 e. The fourth-order valence-corrected chi connectivity index (χ4v) is 1.84. The van der Waals surface area contributed by atoms with Crippen molar-refractivity contribution in [3.63, 3.8) is 0 Å². The van der Waals surface area contributed by atoms with Crippen LogP contribution in [0.1, 0.15) is 34.1 Å². The van der Waals surface area contributed by atoms with E-state index < -0.39 is 11.7 Å². The van der Waals surface area contributed by atoms with E-state index in [1.807, 2.05) is 27.7 Å². The number of rotatable bonds is 4. The number of piperazine rings is 1. The number of amides is 2. The van der Waals surface area contributed by atoms with Crippen LogP contribution in [-0.2, 0) is 9.47 Å². The molecule has 0 spiro atoms. The van der Waals surface area contributed by atoms with Crippen molar-refractivity contribution >= 4 is 12.2 Å². The Kier molecular flexibility index (Phi) is 6.74. The summed E-state index contributed by atoms with van der Waals surface area (Å²) in [5, 5.41) is 5.89. The van der Waals surface area contributed by atoms with Crippen LogP contribution in [0.15, 0.2) is 0 Å². The Morgan fingerprint density at radius 2 is 1.90 bits per heavy atom. The second-order valence-corrected chi connectivity index (χ2v) is 6.19. The van der Waals surface area contributed by atoms with Gasteiger partial charge in [-0.2, -0.15) is 0 Å². The van der Waals surface area contributed by atoms with Crippen LogP contribution in [0.4, 0.5) is 9.59 Å². The average molecular weight is 301 g/mol. The summed E-state index contributed by atoms with van der Waals surface area (Å²) < 4.78 is 10.4. The van der Waals surface area contributed by atoms with E-state index in [1.54, 1.807) is 4.90 Å². The first-order valence-electron chi connectivity index (χ1n) is 7.40. The maximum Gasteiger partial charge on any atom is 0.409 e. The molecule has 2 amide bonds. The standard InChI is InChI=1S/C14H27N3O4/c1-11(16-12(18)21-14(2,3)4)5-10-20-13(19)17-8-6-15-7-9-17/h11,15H,5-10H2,1-4H3,(H,16,18)/t11-/m0/s1. The molecule has 0 unspecified atom stereocenters. The highest BCUT2D eigenvalue weighted by Gasteiger charge is 2.19. The van der Waals surface area contributed by atoms with Gasteiger partial charge in [0.15, 0.2) is 0 Å². The molecule has 21 heavy (non-hydrogen) atoms. The van der Waals surface area contributed by atoms with Gasteiger partial charge in [0.2, 0.25) is 0 Å². The Labute approximate surface area is 126 Å². The molecule has 0 saturated carbocycles.